The molecule has 1 aliphatic carbocycles. The van der Waals surface area contributed by atoms with Crippen LogP contribution in [-0.4, -0.2) is 18.4 Å². The molecule has 0 fully saturated rings. The van der Waals surface area contributed by atoms with Gasteiger partial charge < -0.3 is 4.90 Å². The molecule has 0 saturated heterocycles. The number of hydrogen-bond acceptors (Lipinski definition) is 2. The Morgan fingerprint density at radius 3 is 2.09 bits per heavy atom. The molecule has 2 aliphatic rings. The van der Waals surface area contributed by atoms with Crippen molar-refractivity contribution < 1.29 is 0 Å². The van der Waals surface area contributed by atoms with Gasteiger partial charge in [0.1, 0.15) is 0 Å². The molecule has 54 heavy (non-hydrogen) atoms. The molecular formula is C50H42N4. The number of fused-ring (bicyclic) bond motifs is 3. The normalized spacial score (nSPS) is 17.5. The number of amidine groups is 2. The van der Waals surface area contributed by atoms with Crippen LogP contribution in [0.25, 0.3) is 27.1 Å². The quantitative estimate of drug-likeness (QED) is 0.126. The Labute approximate surface area is 318 Å². The van der Waals surface area contributed by atoms with Crippen molar-refractivity contribution in [3.8, 4) is 0 Å². The SMILES string of the molecule is C=NC(=NC(=NCc1ccc2cc(N3/C=C\C=C/C(=C)C4CC(c5cc6ccccc6cc5C)=C(C)C=C43)ccc2c1)c1ccccc1)c1ccccc1. The van der Waals surface area contributed by atoms with Crippen molar-refractivity contribution in [2.24, 2.45) is 20.9 Å². The van der Waals surface area contributed by atoms with Gasteiger partial charge in [-0.25, -0.2) is 9.98 Å². The third-order valence-corrected chi connectivity index (χ3v) is 10.4. The number of allylic oxidation sites excluding steroid dienone is 7. The van der Waals surface area contributed by atoms with Gasteiger partial charge in [-0.15, -0.1) is 0 Å². The predicted molar refractivity (Wildman–Crippen MR) is 231 cm³/mol. The maximum Gasteiger partial charge on any atom is 0.161 e. The van der Waals surface area contributed by atoms with Crippen LogP contribution < -0.4 is 4.90 Å². The Hall–Kier alpha value is -6.65. The minimum absolute atomic E-state index is 0.145. The molecule has 6 aromatic carbocycles. The average molecular weight is 699 g/mol. The Morgan fingerprint density at radius 2 is 1.35 bits per heavy atom. The Morgan fingerprint density at radius 1 is 0.704 bits per heavy atom. The summed E-state index contributed by atoms with van der Waals surface area (Å²) in [5.41, 5.74) is 11.7. The highest BCUT2D eigenvalue weighted by Gasteiger charge is 2.29. The van der Waals surface area contributed by atoms with E-state index in [-0.39, 0.29) is 5.92 Å². The van der Waals surface area contributed by atoms with Crippen molar-refractivity contribution in [3.05, 3.63) is 215 Å². The van der Waals surface area contributed by atoms with Gasteiger partial charge in [-0.3, -0.25) is 4.99 Å². The van der Waals surface area contributed by atoms with Gasteiger partial charge in [-0.1, -0.05) is 128 Å². The van der Waals surface area contributed by atoms with E-state index in [9.17, 15) is 0 Å². The van der Waals surface area contributed by atoms with E-state index in [2.05, 4.69) is 140 Å². The molecule has 0 saturated carbocycles. The third-order valence-electron chi connectivity index (χ3n) is 10.4. The Balaban J connectivity index is 1.12. The fraction of sp³-hybridized carbons (Fsp3) is 0.100. The van der Waals surface area contributed by atoms with E-state index in [0.29, 0.717) is 18.2 Å². The van der Waals surface area contributed by atoms with Gasteiger partial charge in [0, 0.05) is 34.6 Å². The molecule has 1 heterocycles. The number of anilines is 1. The van der Waals surface area contributed by atoms with E-state index in [1.165, 1.54) is 44.1 Å². The van der Waals surface area contributed by atoms with Gasteiger partial charge in [0.05, 0.1) is 6.54 Å². The van der Waals surface area contributed by atoms with Gasteiger partial charge in [-0.2, -0.15) is 0 Å². The number of nitrogens with zero attached hydrogens (tertiary/aromatic N) is 4. The van der Waals surface area contributed by atoms with Crippen LogP contribution in [0.1, 0.15) is 41.2 Å². The molecule has 0 N–H and O–H groups in total. The predicted octanol–water partition coefficient (Wildman–Crippen LogP) is 12.2. The molecule has 0 spiro atoms. The van der Waals surface area contributed by atoms with Crippen molar-refractivity contribution in [2.45, 2.75) is 26.8 Å². The first-order valence-corrected chi connectivity index (χ1v) is 18.4. The summed E-state index contributed by atoms with van der Waals surface area (Å²) in [5, 5.41) is 4.88. The second-order valence-electron chi connectivity index (χ2n) is 14.0. The average Bonchev–Trinajstić information content (AvgIpc) is 3.20. The van der Waals surface area contributed by atoms with Crippen molar-refractivity contribution in [3.63, 3.8) is 0 Å². The van der Waals surface area contributed by atoms with Crippen LogP contribution in [0.5, 0.6) is 0 Å². The first-order valence-electron chi connectivity index (χ1n) is 18.4. The monoisotopic (exact) mass is 698 g/mol. The van der Waals surface area contributed by atoms with Crippen LogP contribution >= 0.6 is 0 Å². The minimum atomic E-state index is 0.145. The maximum atomic E-state index is 5.00. The summed E-state index contributed by atoms with van der Waals surface area (Å²) in [4.78, 5) is 16.5. The topological polar surface area (TPSA) is 40.3 Å². The second kappa shape index (κ2) is 15.1. The first kappa shape index (κ1) is 34.4. The van der Waals surface area contributed by atoms with E-state index in [4.69, 9.17) is 9.98 Å². The zero-order valence-corrected chi connectivity index (χ0v) is 30.8. The van der Waals surface area contributed by atoms with E-state index in [1.54, 1.807) is 0 Å². The molecule has 1 unspecified atom stereocenters. The molecule has 6 aromatic rings. The highest BCUT2D eigenvalue weighted by atomic mass is 15.1. The van der Waals surface area contributed by atoms with Crippen molar-refractivity contribution in [1.82, 2.24) is 0 Å². The highest BCUT2D eigenvalue weighted by Crippen LogP contribution is 2.44. The van der Waals surface area contributed by atoms with Crippen molar-refractivity contribution >= 4 is 51.2 Å². The molecule has 4 nitrogen and oxygen atoms in total. The molecule has 0 aromatic heterocycles. The molecule has 8 rings (SSSR count). The molecule has 0 radical (unpaired) electrons. The Bertz CT molecular complexity index is 2600. The van der Waals surface area contributed by atoms with Crippen molar-refractivity contribution in [1.29, 1.82) is 0 Å². The molecule has 1 atom stereocenters. The van der Waals surface area contributed by atoms with E-state index in [0.717, 1.165) is 39.8 Å². The lowest BCUT2D eigenvalue weighted by atomic mass is 9.78. The van der Waals surface area contributed by atoms with Gasteiger partial charge in [-0.05, 0) is 118 Å². The van der Waals surface area contributed by atoms with Crippen LogP contribution in [0, 0.1) is 12.8 Å². The van der Waals surface area contributed by atoms with Crippen LogP contribution in [0.2, 0.25) is 0 Å². The smallest absolute Gasteiger partial charge is 0.161 e. The molecular weight excluding hydrogens is 657 g/mol. The van der Waals surface area contributed by atoms with E-state index in [1.807, 2.05) is 60.7 Å². The van der Waals surface area contributed by atoms with Crippen LogP contribution in [0.15, 0.2) is 202 Å². The number of rotatable bonds is 6. The van der Waals surface area contributed by atoms with Crippen LogP contribution in [-0.2, 0) is 6.54 Å². The number of benzene rings is 6. The number of aryl methyl sites for hydroxylation is 1. The zero-order chi connectivity index (χ0) is 37.0. The summed E-state index contributed by atoms with van der Waals surface area (Å²) in [6, 6.07) is 46.5. The van der Waals surface area contributed by atoms with Crippen LogP contribution in [0.4, 0.5) is 5.69 Å². The summed E-state index contributed by atoms with van der Waals surface area (Å²) in [6.07, 6.45) is 11.8. The van der Waals surface area contributed by atoms with Crippen molar-refractivity contribution in [2.75, 3.05) is 4.90 Å². The van der Waals surface area contributed by atoms with E-state index < -0.39 is 0 Å². The second-order valence-corrected chi connectivity index (χ2v) is 14.0. The van der Waals surface area contributed by atoms with Gasteiger partial charge in [0.15, 0.2) is 11.7 Å². The van der Waals surface area contributed by atoms with Gasteiger partial charge in [0.2, 0.25) is 0 Å². The highest BCUT2D eigenvalue weighted by molar-refractivity contribution is 6.12. The minimum Gasteiger partial charge on any atom is -0.320 e. The molecule has 4 heteroatoms. The van der Waals surface area contributed by atoms with Gasteiger partial charge >= 0.3 is 0 Å². The lowest BCUT2D eigenvalue weighted by Gasteiger charge is -2.36. The maximum absolute atomic E-state index is 5.00. The largest absolute Gasteiger partial charge is 0.320 e. The first-order chi connectivity index (χ1) is 26.4. The number of hydrogen-bond donors (Lipinski definition) is 0. The number of aliphatic imine (C=N–C) groups is 3. The van der Waals surface area contributed by atoms with E-state index >= 15 is 0 Å². The summed E-state index contributed by atoms with van der Waals surface area (Å²) in [7, 11) is 0. The third kappa shape index (κ3) is 7.07. The summed E-state index contributed by atoms with van der Waals surface area (Å²) in [6.45, 7) is 13.3. The zero-order valence-electron chi connectivity index (χ0n) is 30.8. The fourth-order valence-corrected chi connectivity index (χ4v) is 7.55. The summed E-state index contributed by atoms with van der Waals surface area (Å²) >= 11 is 0. The summed E-state index contributed by atoms with van der Waals surface area (Å²) < 4.78 is 0. The standard InChI is InChI=1S/C50H42N4/c1-34-15-13-14-26-54(48-28-36(3)46(32-47(34)48)45-31-41-21-12-11-20-40(41)27-35(45)2)44-25-24-42-29-37(22-23-43(42)30-44)33-52-50(39-18-9-6-10-19-39)53-49(51-4)38-16-7-5-8-17-38/h5-31,47H,1,4,32-33H2,2-3H3/b15-13-,26-14-,52-50?,53-49?. The molecule has 0 bridgehead atoms. The lowest BCUT2D eigenvalue weighted by Crippen LogP contribution is -2.26. The Kier molecular flexibility index (Phi) is 9.65. The molecule has 262 valence electrons. The molecule has 0 amide bonds. The molecule has 1 aliphatic heterocycles. The summed E-state index contributed by atoms with van der Waals surface area (Å²) in [5.74, 6) is 1.31. The van der Waals surface area contributed by atoms with Gasteiger partial charge in [0.25, 0.3) is 0 Å². The lowest BCUT2D eigenvalue weighted by molar-refractivity contribution is 0.718. The fourth-order valence-electron chi connectivity index (χ4n) is 7.55. The van der Waals surface area contributed by atoms with Crippen LogP contribution in [0.3, 0.4) is 0 Å².